The van der Waals surface area contributed by atoms with Crippen molar-refractivity contribution in [2.24, 2.45) is 0 Å². The molecule has 1 aliphatic rings. The van der Waals surface area contributed by atoms with Crippen LogP contribution in [0.4, 0.5) is 5.69 Å². The van der Waals surface area contributed by atoms with Crippen LogP contribution in [0.3, 0.4) is 0 Å². The lowest BCUT2D eigenvalue weighted by molar-refractivity contribution is -0.133. The highest BCUT2D eigenvalue weighted by Crippen LogP contribution is 2.27. The van der Waals surface area contributed by atoms with Gasteiger partial charge in [-0.2, -0.15) is 5.10 Å². The number of aryl methyl sites for hydroxylation is 1. The summed E-state index contributed by atoms with van der Waals surface area (Å²) in [6, 6.07) is 15.3. The van der Waals surface area contributed by atoms with Crippen molar-refractivity contribution < 1.29 is 9.21 Å². The van der Waals surface area contributed by atoms with E-state index in [-0.39, 0.29) is 18.1 Å². The summed E-state index contributed by atoms with van der Waals surface area (Å²) in [5.41, 5.74) is 7.12. The highest BCUT2D eigenvalue weighted by Gasteiger charge is 2.25. The first kappa shape index (κ1) is 19.0. The largest absolute Gasteiger partial charge is 0.460 e. The van der Waals surface area contributed by atoms with Crippen molar-refractivity contribution in [1.82, 2.24) is 14.7 Å². The number of carbonyl (C=O) groups excluding carboxylic acids is 1. The summed E-state index contributed by atoms with van der Waals surface area (Å²) in [7, 11) is 0. The van der Waals surface area contributed by atoms with E-state index in [2.05, 4.69) is 17.2 Å². The van der Waals surface area contributed by atoms with E-state index in [1.165, 1.54) is 11.6 Å². The Morgan fingerprint density at radius 1 is 1.24 bits per heavy atom. The van der Waals surface area contributed by atoms with Gasteiger partial charge in [-0.1, -0.05) is 30.3 Å². The predicted molar refractivity (Wildman–Crippen MR) is 110 cm³/mol. The second-order valence-corrected chi connectivity index (χ2v) is 7.45. The number of nitrogens with zero attached hydrogens (tertiary/aromatic N) is 3. The van der Waals surface area contributed by atoms with E-state index in [1.54, 1.807) is 6.07 Å². The zero-order valence-electron chi connectivity index (χ0n) is 16.4. The quantitative estimate of drug-likeness (QED) is 0.737. The number of hydrogen-bond acceptors (Lipinski definition) is 5. The van der Waals surface area contributed by atoms with Crippen LogP contribution in [0.25, 0.3) is 11.5 Å². The first-order chi connectivity index (χ1) is 14.0. The van der Waals surface area contributed by atoms with E-state index >= 15 is 0 Å². The Labute approximate surface area is 168 Å². The minimum absolute atomic E-state index is 0.0395. The molecule has 1 aliphatic heterocycles. The van der Waals surface area contributed by atoms with Gasteiger partial charge in [-0.25, -0.2) is 4.68 Å². The number of nitrogens with two attached hydrogens (primary N) is 1. The lowest BCUT2D eigenvalue weighted by atomic mass is 9.90. The second kappa shape index (κ2) is 7.95. The van der Waals surface area contributed by atoms with Gasteiger partial charge in [0.15, 0.2) is 5.76 Å². The summed E-state index contributed by atoms with van der Waals surface area (Å²) in [4.78, 5) is 27.2. The molecule has 1 fully saturated rings. The topological polar surface area (TPSA) is 94.4 Å². The molecule has 3 aromatic rings. The third kappa shape index (κ3) is 4.08. The van der Waals surface area contributed by atoms with Crippen LogP contribution in [0.15, 0.2) is 57.7 Å². The maximum Gasteiger partial charge on any atom is 0.290 e. The average molecular weight is 392 g/mol. The summed E-state index contributed by atoms with van der Waals surface area (Å²) in [5.74, 6) is 1.42. The van der Waals surface area contributed by atoms with E-state index in [0.29, 0.717) is 30.5 Å². The molecule has 4 rings (SSSR count). The van der Waals surface area contributed by atoms with Crippen molar-refractivity contribution in [2.75, 3.05) is 18.8 Å². The van der Waals surface area contributed by atoms with Crippen LogP contribution < -0.4 is 11.3 Å². The predicted octanol–water partition coefficient (Wildman–Crippen LogP) is 2.80. The zero-order valence-corrected chi connectivity index (χ0v) is 16.4. The van der Waals surface area contributed by atoms with Crippen molar-refractivity contribution in [3.8, 4) is 11.5 Å². The molecule has 2 N–H and O–H groups in total. The minimum Gasteiger partial charge on any atom is -0.460 e. The van der Waals surface area contributed by atoms with E-state index < -0.39 is 5.56 Å². The number of nitrogen functional groups attached to an aromatic ring is 1. The Bertz CT molecular complexity index is 1070. The number of rotatable bonds is 4. The van der Waals surface area contributed by atoms with Crippen molar-refractivity contribution in [1.29, 1.82) is 0 Å². The molecule has 3 heterocycles. The van der Waals surface area contributed by atoms with Crippen molar-refractivity contribution in [3.05, 3.63) is 70.2 Å². The summed E-state index contributed by atoms with van der Waals surface area (Å²) >= 11 is 0. The fraction of sp³-hybridized carbons (Fsp3) is 0.318. The van der Waals surface area contributed by atoms with Gasteiger partial charge in [0.25, 0.3) is 5.56 Å². The van der Waals surface area contributed by atoms with Gasteiger partial charge in [-0.3, -0.25) is 9.59 Å². The molecule has 2 aromatic heterocycles. The number of hydrogen-bond donors (Lipinski definition) is 1. The lowest BCUT2D eigenvalue weighted by Crippen LogP contribution is -2.42. The molecule has 0 aliphatic carbocycles. The van der Waals surface area contributed by atoms with E-state index in [0.717, 1.165) is 23.3 Å². The van der Waals surface area contributed by atoms with E-state index in [4.69, 9.17) is 10.2 Å². The van der Waals surface area contributed by atoms with Crippen LogP contribution in [0, 0.1) is 6.92 Å². The Hall–Kier alpha value is -3.35. The first-order valence-corrected chi connectivity index (χ1v) is 9.78. The lowest BCUT2D eigenvalue weighted by Gasteiger charge is -2.33. The fourth-order valence-corrected chi connectivity index (χ4v) is 3.79. The number of piperidine rings is 1. The molecule has 29 heavy (non-hydrogen) atoms. The summed E-state index contributed by atoms with van der Waals surface area (Å²) in [6.45, 7) is 3.01. The first-order valence-electron chi connectivity index (χ1n) is 9.78. The third-order valence-corrected chi connectivity index (χ3v) is 5.32. The summed E-state index contributed by atoms with van der Waals surface area (Å²) in [6.07, 6.45) is 1.98. The van der Waals surface area contributed by atoms with Gasteiger partial charge in [-0.05, 0) is 43.5 Å². The van der Waals surface area contributed by atoms with Crippen LogP contribution in [0.1, 0.15) is 30.1 Å². The molecule has 7 nitrogen and oxygen atoms in total. The maximum absolute atomic E-state index is 12.9. The number of furan rings is 1. The SMILES string of the molecule is Cc1ccc(-c2cc(N)c(=O)n(CC(=O)N3CCC[C@@H](c4ccccc4)C3)n2)o1. The average Bonchev–Trinajstić information content (AvgIpc) is 3.18. The molecular formula is C22H24N4O3. The fourth-order valence-electron chi connectivity index (χ4n) is 3.79. The highest BCUT2D eigenvalue weighted by molar-refractivity contribution is 5.76. The normalized spacial score (nSPS) is 16.7. The molecule has 1 aromatic carbocycles. The molecule has 1 saturated heterocycles. The molecule has 0 bridgehead atoms. The number of amides is 1. The monoisotopic (exact) mass is 392 g/mol. The Morgan fingerprint density at radius 3 is 2.76 bits per heavy atom. The summed E-state index contributed by atoms with van der Waals surface area (Å²) in [5, 5.41) is 4.31. The number of aromatic nitrogens is 2. The van der Waals surface area contributed by atoms with E-state index in [9.17, 15) is 9.59 Å². The third-order valence-electron chi connectivity index (χ3n) is 5.32. The van der Waals surface area contributed by atoms with Gasteiger partial charge < -0.3 is 15.1 Å². The zero-order chi connectivity index (χ0) is 20.4. The Morgan fingerprint density at radius 2 is 2.03 bits per heavy atom. The highest BCUT2D eigenvalue weighted by atomic mass is 16.3. The molecule has 0 radical (unpaired) electrons. The van der Waals surface area contributed by atoms with Crippen molar-refractivity contribution in [3.63, 3.8) is 0 Å². The van der Waals surface area contributed by atoms with E-state index in [1.807, 2.05) is 36.1 Å². The van der Waals surface area contributed by atoms with Gasteiger partial charge in [0.1, 0.15) is 23.7 Å². The molecule has 7 heteroatoms. The van der Waals surface area contributed by atoms with Gasteiger partial charge in [0.2, 0.25) is 5.91 Å². The minimum atomic E-state index is -0.470. The number of likely N-dealkylation sites (tertiary alicyclic amines) is 1. The van der Waals surface area contributed by atoms with Crippen LogP contribution in [-0.4, -0.2) is 33.7 Å². The van der Waals surface area contributed by atoms with Gasteiger partial charge in [0.05, 0.1) is 0 Å². The van der Waals surface area contributed by atoms with Gasteiger partial charge in [0, 0.05) is 19.0 Å². The smallest absolute Gasteiger partial charge is 0.290 e. The van der Waals surface area contributed by atoms with Gasteiger partial charge >= 0.3 is 0 Å². The maximum atomic E-state index is 12.9. The molecular weight excluding hydrogens is 368 g/mol. The number of benzene rings is 1. The molecule has 1 amide bonds. The number of anilines is 1. The summed E-state index contributed by atoms with van der Waals surface area (Å²) < 4.78 is 6.71. The Balaban J connectivity index is 1.53. The molecule has 150 valence electrons. The van der Waals surface area contributed by atoms with Crippen LogP contribution >= 0.6 is 0 Å². The molecule has 0 spiro atoms. The van der Waals surface area contributed by atoms with Gasteiger partial charge in [-0.15, -0.1) is 0 Å². The Kier molecular flexibility index (Phi) is 5.20. The van der Waals surface area contributed by atoms with Crippen molar-refractivity contribution >= 4 is 11.6 Å². The van der Waals surface area contributed by atoms with Crippen molar-refractivity contribution in [2.45, 2.75) is 32.2 Å². The molecule has 0 saturated carbocycles. The number of carbonyl (C=O) groups is 1. The molecule has 1 atom stereocenters. The van der Waals surface area contributed by atoms with Crippen LogP contribution in [0.5, 0.6) is 0 Å². The molecule has 0 unspecified atom stereocenters. The van der Waals surface area contributed by atoms with Crippen LogP contribution in [-0.2, 0) is 11.3 Å². The standard InChI is InChI=1S/C22H24N4O3/c1-15-9-10-20(29-15)19-12-18(23)22(28)26(24-19)14-21(27)25-11-5-8-17(13-25)16-6-3-2-4-7-16/h2-4,6-7,9-10,12,17H,5,8,11,13-14,23H2,1H3/t17-/m1/s1. The second-order valence-electron chi connectivity index (χ2n) is 7.45. The van der Waals surface area contributed by atoms with Crippen LogP contribution in [0.2, 0.25) is 0 Å².